The molecule has 0 aliphatic carbocycles. The second-order valence-corrected chi connectivity index (χ2v) is 7.01. The van der Waals surface area contributed by atoms with Crippen molar-refractivity contribution in [3.05, 3.63) is 18.2 Å². The van der Waals surface area contributed by atoms with Crippen molar-refractivity contribution >= 4 is 21.6 Å². The first-order valence-electron chi connectivity index (χ1n) is 7.44. The highest BCUT2D eigenvalue weighted by Crippen LogP contribution is 2.34. The molecule has 2 rings (SSSR count). The number of ether oxygens (including phenoxy) is 1. The van der Waals surface area contributed by atoms with Gasteiger partial charge in [0.25, 0.3) is 0 Å². The Morgan fingerprint density at radius 3 is 2.45 bits per heavy atom. The zero-order valence-electron chi connectivity index (χ0n) is 13.2. The monoisotopic (exact) mass is 326 g/mol. The van der Waals surface area contributed by atoms with Gasteiger partial charge in [-0.25, -0.2) is 8.42 Å². The van der Waals surface area contributed by atoms with Crippen molar-refractivity contribution in [1.29, 1.82) is 0 Å². The molecule has 0 atom stereocenters. The fraction of sp³-hybridized carbons (Fsp3) is 0.533. The van der Waals surface area contributed by atoms with Gasteiger partial charge in [-0.15, -0.1) is 0 Å². The second kappa shape index (κ2) is 6.66. The summed E-state index contributed by atoms with van der Waals surface area (Å²) in [5.41, 5.74) is 0.526. The average Bonchev–Trinajstić information content (AvgIpc) is 2.93. The van der Waals surface area contributed by atoms with Gasteiger partial charge in [0.05, 0.1) is 17.7 Å². The molecule has 1 heterocycles. The molecule has 1 aliphatic rings. The quantitative estimate of drug-likeness (QED) is 0.800. The van der Waals surface area contributed by atoms with Crippen molar-refractivity contribution in [3.63, 3.8) is 0 Å². The third kappa shape index (κ3) is 2.96. The zero-order valence-corrected chi connectivity index (χ0v) is 14.0. The van der Waals surface area contributed by atoms with Crippen LogP contribution in [0.1, 0.15) is 26.7 Å². The summed E-state index contributed by atoms with van der Waals surface area (Å²) in [5.74, 6) is 0.504. The molecule has 1 aliphatic heterocycles. The Morgan fingerprint density at radius 2 is 1.95 bits per heavy atom. The van der Waals surface area contributed by atoms with Crippen LogP contribution in [0.3, 0.4) is 0 Å². The number of hydrogen-bond donors (Lipinski definition) is 0. The molecule has 7 heteroatoms. The summed E-state index contributed by atoms with van der Waals surface area (Å²) >= 11 is 0. The average molecular weight is 326 g/mol. The van der Waals surface area contributed by atoms with Crippen molar-refractivity contribution < 1.29 is 17.9 Å². The third-order valence-corrected chi connectivity index (χ3v) is 5.90. The lowest BCUT2D eigenvalue weighted by Gasteiger charge is -2.22. The van der Waals surface area contributed by atoms with Crippen molar-refractivity contribution in [2.75, 3.05) is 31.6 Å². The van der Waals surface area contributed by atoms with Gasteiger partial charge in [0.15, 0.2) is 0 Å². The maximum atomic E-state index is 12.6. The standard InChI is InChI=1S/C15H22N2O4S/c1-4-16(5-2)22(19,20)12-8-9-14(21-3)13(11-12)17-10-6-7-15(17)18/h8-9,11H,4-7,10H2,1-3H3. The molecule has 22 heavy (non-hydrogen) atoms. The van der Waals surface area contributed by atoms with Crippen LogP contribution in [0.25, 0.3) is 0 Å². The molecular weight excluding hydrogens is 304 g/mol. The Balaban J connectivity index is 2.49. The number of rotatable bonds is 6. The number of hydrogen-bond acceptors (Lipinski definition) is 4. The van der Waals surface area contributed by atoms with E-state index in [2.05, 4.69) is 0 Å². The fourth-order valence-electron chi connectivity index (χ4n) is 2.66. The van der Waals surface area contributed by atoms with Gasteiger partial charge in [-0.2, -0.15) is 4.31 Å². The number of anilines is 1. The van der Waals surface area contributed by atoms with Gasteiger partial charge in [-0.1, -0.05) is 13.8 Å². The van der Waals surface area contributed by atoms with Gasteiger partial charge >= 0.3 is 0 Å². The number of sulfonamides is 1. The summed E-state index contributed by atoms with van der Waals surface area (Å²) in [4.78, 5) is 13.7. The van der Waals surface area contributed by atoms with E-state index in [0.29, 0.717) is 37.5 Å². The zero-order chi connectivity index (χ0) is 16.3. The molecule has 0 aromatic heterocycles. The molecule has 0 radical (unpaired) electrons. The number of carbonyl (C=O) groups excluding carboxylic acids is 1. The van der Waals surface area contributed by atoms with Crippen LogP contribution in [-0.4, -0.2) is 45.4 Å². The second-order valence-electron chi connectivity index (χ2n) is 5.07. The first-order chi connectivity index (χ1) is 10.5. The molecule has 1 amide bonds. The molecule has 1 aromatic rings. The van der Waals surface area contributed by atoms with E-state index in [9.17, 15) is 13.2 Å². The molecule has 0 unspecified atom stereocenters. The van der Waals surface area contributed by atoms with Gasteiger partial charge in [-0.05, 0) is 24.6 Å². The Kier molecular flexibility index (Phi) is 5.08. The van der Waals surface area contributed by atoms with Crippen LogP contribution in [0.15, 0.2) is 23.1 Å². The van der Waals surface area contributed by atoms with Crippen LogP contribution in [0.2, 0.25) is 0 Å². The molecule has 1 aromatic carbocycles. The first kappa shape index (κ1) is 16.8. The lowest BCUT2D eigenvalue weighted by atomic mass is 10.2. The predicted octanol–water partition coefficient (Wildman–Crippen LogP) is 1.85. The van der Waals surface area contributed by atoms with Crippen LogP contribution in [0.4, 0.5) is 5.69 Å². The van der Waals surface area contributed by atoms with E-state index in [1.165, 1.54) is 23.5 Å². The van der Waals surface area contributed by atoms with E-state index >= 15 is 0 Å². The van der Waals surface area contributed by atoms with Gasteiger partial charge in [0, 0.05) is 26.1 Å². The van der Waals surface area contributed by atoms with Gasteiger partial charge in [-0.3, -0.25) is 4.79 Å². The van der Waals surface area contributed by atoms with E-state index in [4.69, 9.17) is 4.74 Å². The number of benzene rings is 1. The Hall–Kier alpha value is -1.60. The minimum absolute atomic E-state index is 0.00399. The lowest BCUT2D eigenvalue weighted by Crippen LogP contribution is -2.31. The minimum Gasteiger partial charge on any atom is -0.495 e. The van der Waals surface area contributed by atoms with Gasteiger partial charge in [0.2, 0.25) is 15.9 Å². The van der Waals surface area contributed by atoms with Crippen LogP contribution >= 0.6 is 0 Å². The lowest BCUT2D eigenvalue weighted by molar-refractivity contribution is -0.117. The Labute approximate surface area is 131 Å². The summed E-state index contributed by atoms with van der Waals surface area (Å²) in [6.07, 6.45) is 1.26. The summed E-state index contributed by atoms with van der Waals surface area (Å²) in [5, 5.41) is 0. The SMILES string of the molecule is CCN(CC)S(=O)(=O)c1ccc(OC)c(N2CCCC2=O)c1. The molecule has 0 spiro atoms. The van der Waals surface area contributed by atoms with E-state index in [0.717, 1.165) is 6.42 Å². The fourth-order valence-corrected chi connectivity index (χ4v) is 4.14. The van der Waals surface area contributed by atoms with E-state index < -0.39 is 10.0 Å². The van der Waals surface area contributed by atoms with Crippen molar-refractivity contribution in [2.45, 2.75) is 31.6 Å². The summed E-state index contributed by atoms with van der Waals surface area (Å²) in [6, 6.07) is 4.67. The van der Waals surface area contributed by atoms with Crippen LogP contribution < -0.4 is 9.64 Å². The maximum absolute atomic E-state index is 12.6. The summed E-state index contributed by atoms with van der Waals surface area (Å²) in [7, 11) is -2.04. The van der Waals surface area contributed by atoms with Gasteiger partial charge in [0.1, 0.15) is 5.75 Å². The van der Waals surface area contributed by atoms with E-state index in [1.807, 2.05) is 0 Å². The molecule has 6 nitrogen and oxygen atoms in total. The number of carbonyl (C=O) groups is 1. The summed E-state index contributed by atoms with van der Waals surface area (Å²) in [6.45, 7) is 5.00. The van der Waals surface area contributed by atoms with E-state index in [1.54, 1.807) is 24.8 Å². The molecule has 122 valence electrons. The number of methoxy groups -OCH3 is 1. The number of amides is 1. The smallest absolute Gasteiger partial charge is 0.243 e. The van der Waals surface area contributed by atoms with Crippen LogP contribution in [-0.2, 0) is 14.8 Å². The topological polar surface area (TPSA) is 66.9 Å². The van der Waals surface area contributed by atoms with Crippen LogP contribution in [0.5, 0.6) is 5.75 Å². The molecule has 1 saturated heterocycles. The molecule has 0 bridgehead atoms. The van der Waals surface area contributed by atoms with Crippen molar-refractivity contribution in [1.82, 2.24) is 4.31 Å². The molecule has 1 fully saturated rings. The molecule has 0 saturated carbocycles. The van der Waals surface area contributed by atoms with E-state index in [-0.39, 0.29) is 10.8 Å². The van der Waals surface area contributed by atoms with Crippen molar-refractivity contribution in [2.24, 2.45) is 0 Å². The Morgan fingerprint density at radius 1 is 1.27 bits per heavy atom. The summed E-state index contributed by atoms with van der Waals surface area (Å²) < 4.78 is 31.9. The minimum atomic E-state index is -3.56. The predicted molar refractivity (Wildman–Crippen MR) is 84.7 cm³/mol. The molecular formula is C15H22N2O4S. The largest absolute Gasteiger partial charge is 0.495 e. The van der Waals surface area contributed by atoms with Crippen LogP contribution in [0, 0.1) is 0 Å². The third-order valence-electron chi connectivity index (χ3n) is 3.86. The molecule has 0 N–H and O–H groups in total. The highest BCUT2D eigenvalue weighted by molar-refractivity contribution is 7.89. The number of nitrogens with zero attached hydrogens (tertiary/aromatic N) is 2. The van der Waals surface area contributed by atoms with Gasteiger partial charge < -0.3 is 9.64 Å². The van der Waals surface area contributed by atoms with Crippen molar-refractivity contribution in [3.8, 4) is 5.75 Å². The maximum Gasteiger partial charge on any atom is 0.243 e. The normalized spacial score (nSPS) is 15.6. The highest BCUT2D eigenvalue weighted by atomic mass is 32.2. The highest BCUT2D eigenvalue weighted by Gasteiger charge is 2.28. The first-order valence-corrected chi connectivity index (χ1v) is 8.88. The Bertz CT molecular complexity index is 654.